The molecule has 104 valence electrons. The zero-order valence-corrected chi connectivity index (χ0v) is 12.3. The maximum absolute atomic E-state index is 4.39. The maximum atomic E-state index is 4.39. The van der Waals surface area contributed by atoms with Crippen LogP contribution in [0.15, 0.2) is 24.5 Å². The van der Waals surface area contributed by atoms with Gasteiger partial charge in [0.25, 0.3) is 0 Å². The Morgan fingerprint density at radius 2 is 2.21 bits per heavy atom. The monoisotopic (exact) mass is 260 g/mol. The summed E-state index contributed by atoms with van der Waals surface area (Å²) in [5.41, 5.74) is 3.67. The number of aryl methyl sites for hydroxylation is 2. The normalized spacial score (nSPS) is 12.8. The van der Waals surface area contributed by atoms with E-state index in [9.17, 15) is 0 Å². The summed E-state index contributed by atoms with van der Waals surface area (Å²) >= 11 is 0. The van der Waals surface area contributed by atoms with Crippen LogP contribution in [0, 0.1) is 6.92 Å². The molecular weight excluding hydrogens is 236 g/mol. The Hall–Kier alpha value is -1.55. The van der Waals surface area contributed by atoms with Crippen LogP contribution < -0.4 is 5.32 Å². The molecule has 0 fully saturated rings. The molecule has 4 heteroatoms. The summed E-state index contributed by atoms with van der Waals surface area (Å²) < 4.78 is 4.18. The first kappa shape index (κ1) is 13.9. The van der Waals surface area contributed by atoms with E-state index in [2.05, 4.69) is 46.4 Å². The quantitative estimate of drug-likeness (QED) is 0.866. The van der Waals surface area contributed by atoms with Crippen LogP contribution in [0.3, 0.4) is 0 Å². The van der Waals surface area contributed by atoms with Crippen molar-refractivity contribution in [2.75, 3.05) is 7.05 Å². The number of hydrogen-bond donors (Lipinski definition) is 1. The second kappa shape index (κ2) is 6.06. The Bertz CT molecular complexity index is 524. The topological polar surface area (TPSA) is 34.8 Å². The number of rotatable bonds is 6. The predicted molar refractivity (Wildman–Crippen MR) is 78.2 cm³/mol. The van der Waals surface area contributed by atoms with Crippen molar-refractivity contribution < 1.29 is 0 Å². The highest BCUT2D eigenvalue weighted by Gasteiger charge is 2.10. The Balaban J connectivity index is 2.10. The van der Waals surface area contributed by atoms with Crippen LogP contribution in [0.4, 0.5) is 0 Å². The van der Waals surface area contributed by atoms with E-state index in [4.69, 9.17) is 0 Å². The summed E-state index contributed by atoms with van der Waals surface area (Å²) in [4.78, 5) is 0. The lowest BCUT2D eigenvalue weighted by molar-refractivity contribution is 0.540. The minimum atomic E-state index is 0.458. The summed E-state index contributed by atoms with van der Waals surface area (Å²) in [6, 6.07) is 4.81. The van der Waals surface area contributed by atoms with E-state index in [1.807, 2.05) is 25.7 Å². The van der Waals surface area contributed by atoms with Crippen LogP contribution in [0.2, 0.25) is 0 Å². The highest BCUT2D eigenvalue weighted by atomic mass is 15.3. The molecule has 0 spiro atoms. The van der Waals surface area contributed by atoms with Crippen LogP contribution in [-0.4, -0.2) is 21.4 Å². The Morgan fingerprint density at radius 1 is 1.42 bits per heavy atom. The van der Waals surface area contributed by atoms with Gasteiger partial charge in [0.15, 0.2) is 0 Å². The minimum Gasteiger partial charge on any atom is -0.348 e. The van der Waals surface area contributed by atoms with E-state index in [0.29, 0.717) is 6.04 Å². The van der Waals surface area contributed by atoms with Crippen molar-refractivity contribution in [3.63, 3.8) is 0 Å². The van der Waals surface area contributed by atoms with Crippen molar-refractivity contribution in [2.45, 2.75) is 39.3 Å². The molecule has 0 bridgehead atoms. The van der Waals surface area contributed by atoms with Crippen molar-refractivity contribution in [3.05, 3.63) is 41.5 Å². The SMILES string of the molecule is CCCC(NC)c1ccn(Cc2cc(C)nn2C)c1. The summed E-state index contributed by atoms with van der Waals surface area (Å²) in [6.45, 7) is 5.13. The third-order valence-electron chi connectivity index (χ3n) is 3.55. The fraction of sp³-hybridized carbons (Fsp3) is 0.533. The second-order valence-corrected chi connectivity index (χ2v) is 5.15. The van der Waals surface area contributed by atoms with Crippen LogP contribution in [-0.2, 0) is 13.6 Å². The van der Waals surface area contributed by atoms with E-state index >= 15 is 0 Å². The van der Waals surface area contributed by atoms with Gasteiger partial charge in [0.2, 0.25) is 0 Å². The van der Waals surface area contributed by atoms with E-state index in [0.717, 1.165) is 12.2 Å². The molecule has 0 saturated heterocycles. The van der Waals surface area contributed by atoms with Gasteiger partial charge in [-0.05, 0) is 38.1 Å². The first-order valence-electron chi connectivity index (χ1n) is 6.96. The molecule has 0 aromatic carbocycles. The van der Waals surface area contributed by atoms with Crippen molar-refractivity contribution in [3.8, 4) is 0 Å². The maximum Gasteiger partial charge on any atom is 0.0639 e. The van der Waals surface area contributed by atoms with E-state index in [1.165, 1.54) is 24.1 Å². The van der Waals surface area contributed by atoms with E-state index in [-0.39, 0.29) is 0 Å². The van der Waals surface area contributed by atoms with E-state index in [1.54, 1.807) is 0 Å². The first-order chi connectivity index (χ1) is 9.13. The van der Waals surface area contributed by atoms with Crippen LogP contribution in [0.1, 0.15) is 42.8 Å². The lowest BCUT2D eigenvalue weighted by atomic mass is 10.1. The summed E-state index contributed by atoms with van der Waals surface area (Å²) in [5, 5.41) is 7.77. The van der Waals surface area contributed by atoms with Gasteiger partial charge in [-0.2, -0.15) is 5.10 Å². The standard InChI is InChI=1S/C15H24N4/c1-5-6-15(16-3)13-7-8-19(10-13)11-14-9-12(2)17-18(14)4/h7-10,15-16H,5-6,11H2,1-4H3. The number of nitrogens with one attached hydrogen (secondary N) is 1. The number of nitrogens with zero attached hydrogens (tertiary/aromatic N) is 3. The van der Waals surface area contributed by atoms with Crippen molar-refractivity contribution in [1.82, 2.24) is 19.7 Å². The highest BCUT2D eigenvalue weighted by molar-refractivity contribution is 5.17. The third-order valence-corrected chi connectivity index (χ3v) is 3.55. The summed E-state index contributed by atoms with van der Waals surface area (Å²) in [6.07, 6.45) is 6.75. The van der Waals surface area contributed by atoms with E-state index < -0.39 is 0 Å². The van der Waals surface area contributed by atoms with Crippen LogP contribution >= 0.6 is 0 Å². The Kier molecular flexibility index (Phi) is 4.43. The van der Waals surface area contributed by atoms with Gasteiger partial charge in [0.1, 0.15) is 0 Å². The minimum absolute atomic E-state index is 0.458. The number of aromatic nitrogens is 3. The fourth-order valence-electron chi connectivity index (χ4n) is 2.53. The number of hydrogen-bond acceptors (Lipinski definition) is 2. The average Bonchev–Trinajstić information content (AvgIpc) is 2.94. The van der Waals surface area contributed by atoms with Gasteiger partial charge in [-0.15, -0.1) is 0 Å². The van der Waals surface area contributed by atoms with Gasteiger partial charge in [-0.3, -0.25) is 4.68 Å². The second-order valence-electron chi connectivity index (χ2n) is 5.15. The molecule has 0 saturated carbocycles. The lowest BCUT2D eigenvalue weighted by Gasteiger charge is -2.13. The molecule has 0 aliphatic rings. The third kappa shape index (κ3) is 3.26. The molecule has 1 unspecified atom stereocenters. The van der Waals surface area contributed by atoms with Gasteiger partial charge in [-0.1, -0.05) is 13.3 Å². The van der Waals surface area contributed by atoms with Crippen LogP contribution in [0.25, 0.3) is 0 Å². The van der Waals surface area contributed by atoms with Gasteiger partial charge in [-0.25, -0.2) is 0 Å². The fourth-order valence-corrected chi connectivity index (χ4v) is 2.53. The molecule has 4 nitrogen and oxygen atoms in total. The van der Waals surface area contributed by atoms with Crippen LogP contribution in [0.5, 0.6) is 0 Å². The van der Waals surface area contributed by atoms with Crippen molar-refractivity contribution in [1.29, 1.82) is 0 Å². The summed E-state index contributed by atoms with van der Waals surface area (Å²) in [5.74, 6) is 0. The van der Waals surface area contributed by atoms with Gasteiger partial charge in [0, 0.05) is 25.5 Å². The molecule has 1 N–H and O–H groups in total. The van der Waals surface area contributed by atoms with Gasteiger partial charge < -0.3 is 9.88 Å². The molecule has 2 aromatic heterocycles. The molecule has 1 atom stereocenters. The zero-order chi connectivity index (χ0) is 13.8. The highest BCUT2D eigenvalue weighted by Crippen LogP contribution is 2.19. The molecule has 0 radical (unpaired) electrons. The zero-order valence-electron chi connectivity index (χ0n) is 12.3. The largest absolute Gasteiger partial charge is 0.348 e. The molecule has 19 heavy (non-hydrogen) atoms. The molecular formula is C15H24N4. The molecule has 2 aromatic rings. The van der Waals surface area contributed by atoms with Gasteiger partial charge >= 0.3 is 0 Å². The van der Waals surface area contributed by atoms with Crippen molar-refractivity contribution in [2.24, 2.45) is 7.05 Å². The Labute approximate surface area is 115 Å². The molecule has 2 heterocycles. The average molecular weight is 260 g/mol. The first-order valence-corrected chi connectivity index (χ1v) is 6.96. The Morgan fingerprint density at radius 3 is 2.79 bits per heavy atom. The molecule has 0 aliphatic carbocycles. The molecule has 0 aliphatic heterocycles. The molecule has 2 rings (SSSR count). The lowest BCUT2D eigenvalue weighted by Crippen LogP contribution is -2.15. The van der Waals surface area contributed by atoms with Crippen molar-refractivity contribution >= 4 is 0 Å². The smallest absolute Gasteiger partial charge is 0.0639 e. The predicted octanol–water partition coefficient (Wildman–Crippen LogP) is 2.64. The summed E-state index contributed by atoms with van der Waals surface area (Å²) in [7, 11) is 4.03. The molecule has 0 amide bonds. The van der Waals surface area contributed by atoms with Gasteiger partial charge in [0.05, 0.1) is 17.9 Å².